The summed E-state index contributed by atoms with van der Waals surface area (Å²) in [6.45, 7) is 3.76. The van der Waals surface area contributed by atoms with E-state index in [1.807, 2.05) is 19.9 Å². The van der Waals surface area contributed by atoms with Crippen molar-refractivity contribution < 1.29 is 9.72 Å². The number of nitro groups is 1. The first kappa shape index (κ1) is 19.4. The topological polar surface area (TPSA) is 76.3 Å². The second kappa shape index (κ2) is 6.88. The number of carbonyl (C=O) groups excluding carboxylic acids is 1. The van der Waals surface area contributed by atoms with Crippen LogP contribution in [0.15, 0.2) is 36.4 Å². The number of anilines is 1. The van der Waals surface area contributed by atoms with Crippen molar-refractivity contribution in [3.8, 4) is 0 Å². The van der Waals surface area contributed by atoms with Gasteiger partial charge in [0.25, 0.3) is 5.69 Å². The number of benzene rings is 2. The van der Waals surface area contributed by atoms with Crippen LogP contribution in [-0.2, 0) is 9.67 Å². The number of hydrogen-bond acceptors (Lipinski definition) is 6. The molecule has 0 N–H and O–H groups in total. The second-order valence-corrected chi connectivity index (χ2v) is 10.0. The fraction of sp³-hybridized carbons (Fsp3) is 0.222. The van der Waals surface area contributed by atoms with E-state index >= 15 is 0 Å². The van der Waals surface area contributed by atoms with Crippen molar-refractivity contribution in [2.75, 3.05) is 4.90 Å². The summed E-state index contributed by atoms with van der Waals surface area (Å²) in [6, 6.07) is 9.68. The Bertz CT molecular complexity index is 1140. The lowest BCUT2D eigenvalue weighted by atomic mass is 10.1. The van der Waals surface area contributed by atoms with E-state index in [0.717, 1.165) is 5.56 Å². The molecule has 10 heteroatoms. The number of carbonyl (C=O) groups is 1. The number of non-ortho nitro benzene ring substituents is 1. The van der Waals surface area contributed by atoms with Crippen molar-refractivity contribution in [2.45, 2.75) is 24.0 Å². The highest BCUT2D eigenvalue weighted by Gasteiger charge is 2.51. The molecule has 1 fully saturated rings. The highest BCUT2D eigenvalue weighted by atomic mass is 35.5. The van der Waals surface area contributed by atoms with Gasteiger partial charge in [-0.1, -0.05) is 40.6 Å². The summed E-state index contributed by atoms with van der Waals surface area (Å²) in [5.41, 5.74) is 1.35. The van der Waals surface area contributed by atoms with E-state index in [1.165, 1.54) is 35.2 Å². The summed E-state index contributed by atoms with van der Waals surface area (Å²) >= 11 is 15.2. The van der Waals surface area contributed by atoms with Gasteiger partial charge in [-0.2, -0.15) is 0 Å². The average Bonchev–Trinajstić information content (AvgIpc) is 3.12. The van der Waals surface area contributed by atoms with Crippen LogP contribution in [0.5, 0.6) is 0 Å². The van der Waals surface area contributed by atoms with Gasteiger partial charge in [0.05, 0.1) is 20.4 Å². The molecule has 4 rings (SSSR count). The first-order valence-electron chi connectivity index (χ1n) is 8.23. The number of aromatic nitrogens is 1. The van der Waals surface area contributed by atoms with E-state index in [2.05, 4.69) is 4.98 Å². The van der Waals surface area contributed by atoms with Gasteiger partial charge in [-0.3, -0.25) is 19.8 Å². The molecule has 3 aromatic rings. The largest absolute Gasteiger partial charge is 0.273 e. The van der Waals surface area contributed by atoms with E-state index in [9.17, 15) is 14.9 Å². The summed E-state index contributed by atoms with van der Waals surface area (Å²) in [4.78, 5) is 29.0. The Balaban J connectivity index is 1.87. The zero-order valence-corrected chi connectivity index (χ0v) is 17.8. The van der Waals surface area contributed by atoms with Gasteiger partial charge < -0.3 is 0 Å². The predicted octanol–water partition coefficient (Wildman–Crippen LogP) is 5.85. The Hall–Kier alpha value is -1.87. The molecule has 1 aromatic heterocycles. The highest BCUT2D eigenvalue weighted by Crippen LogP contribution is 2.53. The quantitative estimate of drug-likeness (QED) is 0.366. The third-order valence-corrected chi connectivity index (χ3v) is 7.56. The Labute approximate surface area is 178 Å². The molecule has 28 heavy (non-hydrogen) atoms. The van der Waals surface area contributed by atoms with Crippen LogP contribution in [0, 0.1) is 10.1 Å². The number of hydrogen-bond donors (Lipinski definition) is 0. The van der Waals surface area contributed by atoms with Crippen LogP contribution in [0.1, 0.15) is 19.4 Å². The highest BCUT2D eigenvalue weighted by molar-refractivity contribution is 8.02. The number of rotatable bonds is 3. The number of thiazole rings is 1. The first-order valence-corrected chi connectivity index (χ1v) is 10.7. The van der Waals surface area contributed by atoms with Crippen LogP contribution in [0.2, 0.25) is 10.0 Å². The van der Waals surface area contributed by atoms with Crippen molar-refractivity contribution in [1.29, 1.82) is 0 Å². The zero-order valence-electron chi connectivity index (χ0n) is 14.7. The van der Waals surface area contributed by atoms with E-state index < -0.39 is 9.79 Å². The van der Waals surface area contributed by atoms with Crippen LogP contribution < -0.4 is 4.90 Å². The zero-order chi connectivity index (χ0) is 20.2. The Kier molecular flexibility index (Phi) is 4.78. The number of amides is 1. The van der Waals surface area contributed by atoms with Crippen LogP contribution in [0.25, 0.3) is 10.2 Å². The lowest BCUT2D eigenvalue weighted by Crippen LogP contribution is -2.40. The van der Waals surface area contributed by atoms with Crippen molar-refractivity contribution in [3.63, 3.8) is 0 Å². The third-order valence-electron chi connectivity index (χ3n) is 4.59. The Morgan fingerprint density at radius 3 is 2.68 bits per heavy atom. The summed E-state index contributed by atoms with van der Waals surface area (Å²) in [6.07, 6.45) is 0. The van der Waals surface area contributed by atoms with Crippen molar-refractivity contribution in [1.82, 2.24) is 4.98 Å². The summed E-state index contributed by atoms with van der Waals surface area (Å²) in [5, 5.41) is 12.2. The predicted molar refractivity (Wildman–Crippen MR) is 115 cm³/mol. The summed E-state index contributed by atoms with van der Waals surface area (Å²) in [7, 11) is 0. The van der Waals surface area contributed by atoms with Crippen molar-refractivity contribution in [2.24, 2.45) is 0 Å². The molecular weight excluding hydrogens is 441 g/mol. The molecule has 0 aliphatic carbocycles. The van der Waals surface area contributed by atoms with Gasteiger partial charge in [0.1, 0.15) is 4.87 Å². The molecule has 0 bridgehead atoms. The molecule has 6 nitrogen and oxygen atoms in total. The minimum Gasteiger partial charge on any atom is -0.273 e. The number of fused-ring (bicyclic) bond motifs is 1. The smallest absolute Gasteiger partial charge is 0.270 e. The molecule has 0 radical (unpaired) electrons. The number of nitro benzene ring substituents is 1. The molecule has 1 amide bonds. The van der Waals surface area contributed by atoms with Gasteiger partial charge in [0, 0.05) is 27.7 Å². The SMILES string of the molecule is CC1SC(C)(c2ccc(Cl)cc2Cl)N(c2nc3ccc([N+](=O)[O-])cc3s2)C1=O. The molecule has 144 valence electrons. The number of thioether (sulfide) groups is 1. The van der Waals surface area contributed by atoms with E-state index in [0.29, 0.717) is 25.4 Å². The number of nitrogens with zero attached hydrogens (tertiary/aromatic N) is 3. The van der Waals surface area contributed by atoms with E-state index in [1.54, 1.807) is 23.1 Å². The lowest BCUT2D eigenvalue weighted by Gasteiger charge is -2.33. The van der Waals surface area contributed by atoms with Gasteiger partial charge in [0.15, 0.2) is 5.13 Å². The normalized spacial score (nSPS) is 22.2. The molecule has 2 unspecified atom stereocenters. The van der Waals surface area contributed by atoms with Crippen LogP contribution in [-0.4, -0.2) is 21.1 Å². The fourth-order valence-corrected chi connectivity index (χ4v) is 6.57. The fourth-order valence-electron chi connectivity index (χ4n) is 3.28. The van der Waals surface area contributed by atoms with E-state index in [4.69, 9.17) is 23.2 Å². The molecule has 2 atom stereocenters. The maximum atomic E-state index is 13.0. The lowest BCUT2D eigenvalue weighted by molar-refractivity contribution is -0.384. The van der Waals surface area contributed by atoms with Crippen molar-refractivity contribution in [3.05, 3.63) is 62.1 Å². The minimum atomic E-state index is -0.780. The van der Waals surface area contributed by atoms with Gasteiger partial charge >= 0.3 is 0 Å². The minimum absolute atomic E-state index is 0.0123. The maximum Gasteiger partial charge on any atom is 0.270 e. The van der Waals surface area contributed by atoms with E-state index in [-0.39, 0.29) is 16.8 Å². The van der Waals surface area contributed by atoms with Crippen molar-refractivity contribution >= 4 is 73.2 Å². The second-order valence-electron chi connectivity index (χ2n) is 6.45. The number of halogens is 2. The van der Waals surface area contributed by atoms with Gasteiger partial charge in [0.2, 0.25) is 5.91 Å². The molecule has 0 saturated carbocycles. The Morgan fingerprint density at radius 1 is 1.25 bits per heavy atom. The molecule has 1 saturated heterocycles. The third kappa shape index (κ3) is 3.04. The summed E-state index contributed by atoms with van der Waals surface area (Å²) < 4.78 is 0.645. The van der Waals surface area contributed by atoms with Crippen LogP contribution in [0.3, 0.4) is 0 Å². The van der Waals surface area contributed by atoms with Crippen LogP contribution in [0.4, 0.5) is 10.8 Å². The van der Waals surface area contributed by atoms with Gasteiger partial charge in [-0.15, -0.1) is 11.8 Å². The van der Waals surface area contributed by atoms with Gasteiger partial charge in [-0.05, 0) is 32.0 Å². The van der Waals surface area contributed by atoms with Crippen LogP contribution >= 0.6 is 46.3 Å². The van der Waals surface area contributed by atoms with Gasteiger partial charge in [-0.25, -0.2) is 4.98 Å². The maximum absolute atomic E-state index is 13.0. The molecule has 1 aliphatic rings. The molecule has 0 spiro atoms. The molecule has 2 heterocycles. The Morgan fingerprint density at radius 2 is 2.00 bits per heavy atom. The molecule has 2 aromatic carbocycles. The summed E-state index contributed by atoms with van der Waals surface area (Å²) in [5.74, 6) is -0.0907. The first-order chi connectivity index (χ1) is 13.2. The molecular formula is C18H13Cl2N3O3S2. The average molecular weight is 454 g/mol. The molecule has 1 aliphatic heterocycles. The standard InChI is InChI=1S/C18H13Cl2N3O3S2/c1-9-16(24)22(18(2,28-9)12-5-3-10(19)7-13(12)20)17-21-14-6-4-11(23(25)26)8-15(14)27-17/h3-9H,1-2H3. The monoisotopic (exact) mass is 453 g/mol.